The van der Waals surface area contributed by atoms with Crippen molar-refractivity contribution in [2.45, 2.75) is 57.8 Å². The Morgan fingerprint density at radius 1 is 0.585 bits per heavy atom. The molecule has 5 rings (SSSR count). The third-order valence-corrected chi connectivity index (χ3v) is 8.24. The maximum absolute atomic E-state index is 9.44. The lowest BCUT2D eigenvalue weighted by atomic mass is 9.67. The Labute approximate surface area is 244 Å². The molecule has 0 saturated heterocycles. The van der Waals surface area contributed by atoms with E-state index in [1.807, 2.05) is 0 Å². The first kappa shape index (κ1) is 28.9. The molecule has 0 spiro atoms. The molecule has 1 aliphatic carbocycles. The molecule has 0 heterocycles. The summed E-state index contributed by atoms with van der Waals surface area (Å²) in [5.74, 6) is 1.70. The summed E-state index contributed by atoms with van der Waals surface area (Å²) >= 11 is 0. The molecule has 0 bridgehead atoms. The molecule has 0 aliphatic heterocycles. The number of aliphatic hydroxyl groups is 2. The minimum atomic E-state index is -0.514. The van der Waals surface area contributed by atoms with Gasteiger partial charge in [0.2, 0.25) is 0 Å². The molecule has 0 radical (unpaired) electrons. The third-order valence-electron chi connectivity index (χ3n) is 8.24. The van der Waals surface area contributed by atoms with Crippen molar-refractivity contribution in [3.63, 3.8) is 0 Å². The normalized spacial score (nSPS) is 13.1. The highest BCUT2D eigenvalue weighted by Crippen LogP contribution is 2.56. The monoisotopic (exact) mass is 550 g/mol. The zero-order chi connectivity index (χ0) is 28.7. The highest BCUT2D eigenvalue weighted by atomic mass is 16.5. The van der Waals surface area contributed by atoms with Crippen molar-refractivity contribution >= 4 is 0 Å². The molecule has 4 aromatic carbocycles. The van der Waals surface area contributed by atoms with Crippen molar-refractivity contribution in [1.82, 2.24) is 0 Å². The molecule has 0 unspecified atom stereocenters. The highest BCUT2D eigenvalue weighted by molar-refractivity contribution is 5.86. The predicted molar refractivity (Wildman–Crippen MR) is 166 cm³/mol. The first-order chi connectivity index (χ1) is 20.2. The summed E-state index contributed by atoms with van der Waals surface area (Å²) in [4.78, 5) is 0. The van der Waals surface area contributed by atoms with Crippen LogP contribution in [0.4, 0.5) is 0 Å². The molecule has 4 heteroatoms. The molecule has 1 aliphatic rings. The van der Waals surface area contributed by atoms with Crippen LogP contribution >= 0.6 is 0 Å². The maximum atomic E-state index is 9.44. The lowest BCUT2D eigenvalue weighted by Crippen LogP contribution is -2.29. The number of ether oxygens (including phenoxy) is 2. The first-order valence-corrected chi connectivity index (χ1v) is 15.1. The van der Waals surface area contributed by atoms with E-state index in [9.17, 15) is 10.2 Å². The van der Waals surface area contributed by atoms with Gasteiger partial charge in [0.1, 0.15) is 24.7 Å². The fraction of sp³-hybridized carbons (Fsp3) is 0.351. The number of fused-ring (bicyclic) bond motifs is 3. The summed E-state index contributed by atoms with van der Waals surface area (Å²) < 4.78 is 12.0. The SMILES string of the molecule is CCCCc1cc(C2(c3ccc(OCCO)c(CCCC)c3)c3ccccc3-c3ccccc32)ccc1OCCO. The quantitative estimate of drug-likeness (QED) is 0.151. The molecule has 0 amide bonds. The predicted octanol–water partition coefficient (Wildman–Crippen LogP) is 7.48. The van der Waals surface area contributed by atoms with Crippen molar-refractivity contribution in [3.8, 4) is 22.6 Å². The highest BCUT2D eigenvalue weighted by Gasteiger charge is 2.46. The van der Waals surface area contributed by atoms with Crippen molar-refractivity contribution in [2.75, 3.05) is 26.4 Å². The fourth-order valence-corrected chi connectivity index (χ4v) is 6.37. The Morgan fingerprint density at radius 2 is 1.02 bits per heavy atom. The van der Waals surface area contributed by atoms with Crippen LogP contribution in [0.1, 0.15) is 72.9 Å². The van der Waals surface area contributed by atoms with E-state index < -0.39 is 5.41 Å². The minimum Gasteiger partial charge on any atom is -0.491 e. The second kappa shape index (κ2) is 13.4. The van der Waals surface area contributed by atoms with E-state index in [0.717, 1.165) is 50.0 Å². The molecular formula is C37H42O4. The van der Waals surface area contributed by atoms with Crippen molar-refractivity contribution in [3.05, 3.63) is 118 Å². The van der Waals surface area contributed by atoms with Gasteiger partial charge in [-0.1, -0.05) is 99.5 Å². The summed E-state index contributed by atoms with van der Waals surface area (Å²) in [6.45, 7) is 4.97. The van der Waals surface area contributed by atoms with Gasteiger partial charge in [0.05, 0.1) is 18.6 Å². The van der Waals surface area contributed by atoms with E-state index in [2.05, 4.69) is 98.8 Å². The average Bonchev–Trinajstić information content (AvgIpc) is 3.32. The van der Waals surface area contributed by atoms with E-state index in [4.69, 9.17) is 9.47 Å². The van der Waals surface area contributed by atoms with Crippen LogP contribution in [-0.4, -0.2) is 36.6 Å². The van der Waals surface area contributed by atoms with Crippen LogP contribution in [0.2, 0.25) is 0 Å². The Kier molecular flexibility index (Phi) is 9.43. The lowest BCUT2D eigenvalue weighted by molar-refractivity contribution is 0.200. The lowest BCUT2D eigenvalue weighted by Gasteiger charge is -2.35. The first-order valence-electron chi connectivity index (χ1n) is 15.1. The van der Waals surface area contributed by atoms with E-state index in [1.165, 1.54) is 44.5 Å². The molecule has 214 valence electrons. The summed E-state index contributed by atoms with van der Waals surface area (Å²) in [7, 11) is 0. The van der Waals surface area contributed by atoms with Crippen LogP contribution in [0.5, 0.6) is 11.5 Å². The average molecular weight is 551 g/mol. The van der Waals surface area contributed by atoms with Crippen LogP contribution in [0, 0.1) is 0 Å². The standard InChI is InChI=1S/C37H42O4/c1-3-5-11-27-25-29(17-19-35(27)40-23-21-38)37(30-18-20-36(41-24-22-39)28(26-30)12-6-4-2)33-15-9-7-13-31(33)32-14-8-10-16-34(32)37/h7-10,13-20,25-26,38-39H,3-6,11-12,21-24H2,1-2H3. The number of rotatable bonds is 14. The molecule has 41 heavy (non-hydrogen) atoms. The molecule has 0 saturated carbocycles. The summed E-state index contributed by atoms with van der Waals surface area (Å²) in [6.07, 6.45) is 6.15. The van der Waals surface area contributed by atoms with Gasteiger partial charge in [0.15, 0.2) is 0 Å². The number of benzene rings is 4. The number of aliphatic hydroxyl groups excluding tert-OH is 2. The molecule has 2 N–H and O–H groups in total. The number of aryl methyl sites for hydroxylation is 2. The number of unbranched alkanes of at least 4 members (excludes halogenated alkanes) is 2. The summed E-state index contributed by atoms with van der Waals surface area (Å²) in [6, 6.07) is 30.9. The number of hydrogen-bond acceptors (Lipinski definition) is 4. The van der Waals surface area contributed by atoms with Crippen molar-refractivity contribution < 1.29 is 19.7 Å². The van der Waals surface area contributed by atoms with E-state index >= 15 is 0 Å². The van der Waals surface area contributed by atoms with Gasteiger partial charge in [-0.15, -0.1) is 0 Å². The Hall–Kier alpha value is -3.60. The summed E-state index contributed by atoms with van der Waals surface area (Å²) in [5, 5.41) is 18.9. The second-order valence-corrected chi connectivity index (χ2v) is 10.8. The van der Waals surface area contributed by atoms with Gasteiger partial charge >= 0.3 is 0 Å². The van der Waals surface area contributed by atoms with E-state index in [-0.39, 0.29) is 26.4 Å². The molecule has 0 atom stereocenters. The molecule has 0 aromatic heterocycles. The van der Waals surface area contributed by atoms with Gasteiger partial charge in [-0.3, -0.25) is 0 Å². The van der Waals surface area contributed by atoms with E-state index in [0.29, 0.717) is 0 Å². The fourth-order valence-electron chi connectivity index (χ4n) is 6.37. The van der Waals surface area contributed by atoms with Crippen LogP contribution in [0.3, 0.4) is 0 Å². The zero-order valence-corrected chi connectivity index (χ0v) is 24.4. The van der Waals surface area contributed by atoms with E-state index in [1.54, 1.807) is 0 Å². The molecule has 4 nitrogen and oxygen atoms in total. The van der Waals surface area contributed by atoms with Crippen LogP contribution < -0.4 is 9.47 Å². The van der Waals surface area contributed by atoms with Gasteiger partial charge < -0.3 is 19.7 Å². The molecule has 4 aromatic rings. The molecular weight excluding hydrogens is 508 g/mol. The number of hydrogen-bond donors (Lipinski definition) is 2. The van der Waals surface area contributed by atoms with Crippen LogP contribution in [0.25, 0.3) is 11.1 Å². The Balaban J connectivity index is 1.79. The van der Waals surface area contributed by atoms with Gasteiger partial charge in [0, 0.05) is 0 Å². The van der Waals surface area contributed by atoms with Gasteiger partial charge in [-0.25, -0.2) is 0 Å². The Morgan fingerprint density at radius 3 is 1.44 bits per heavy atom. The Bertz CT molecular complexity index is 1350. The summed E-state index contributed by atoms with van der Waals surface area (Å²) in [5.41, 5.74) is 9.32. The van der Waals surface area contributed by atoms with Crippen LogP contribution in [0.15, 0.2) is 84.9 Å². The third kappa shape index (κ3) is 5.51. The smallest absolute Gasteiger partial charge is 0.122 e. The second-order valence-electron chi connectivity index (χ2n) is 10.8. The van der Waals surface area contributed by atoms with Gasteiger partial charge in [-0.05, 0) is 82.3 Å². The van der Waals surface area contributed by atoms with Crippen LogP contribution in [-0.2, 0) is 18.3 Å². The minimum absolute atomic E-state index is 0.00903. The van der Waals surface area contributed by atoms with Crippen molar-refractivity contribution in [1.29, 1.82) is 0 Å². The van der Waals surface area contributed by atoms with Gasteiger partial charge in [-0.2, -0.15) is 0 Å². The molecule has 0 fully saturated rings. The topological polar surface area (TPSA) is 58.9 Å². The largest absolute Gasteiger partial charge is 0.491 e. The maximum Gasteiger partial charge on any atom is 0.122 e. The van der Waals surface area contributed by atoms with Gasteiger partial charge in [0.25, 0.3) is 0 Å². The van der Waals surface area contributed by atoms with Crippen molar-refractivity contribution in [2.24, 2.45) is 0 Å². The zero-order valence-electron chi connectivity index (χ0n) is 24.4.